The summed E-state index contributed by atoms with van der Waals surface area (Å²) in [4.78, 5) is 19.1. The SMILES string of the molecule is O=C(c1cc2cc(Cl)ccc2o1)N1CC(c2nc3ccccc3s2)C1. The van der Waals surface area contributed by atoms with Crippen molar-refractivity contribution in [2.24, 2.45) is 0 Å². The standard InChI is InChI=1S/C19H13ClN2O2S/c20-13-5-6-15-11(7-13)8-16(24-15)19(23)22-9-12(10-22)18-21-14-3-1-2-4-17(14)25-18/h1-8,12H,9-10H2. The van der Waals surface area contributed by atoms with E-state index in [0.29, 0.717) is 35.4 Å². The number of thiazole rings is 1. The molecule has 1 fully saturated rings. The van der Waals surface area contributed by atoms with Crippen molar-refractivity contribution in [2.75, 3.05) is 13.1 Å². The first-order valence-electron chi connectivity index (χ1n) is 8.01. The number of hydrogen-bond donors (Lipinski definition) is 0. The number of furan rings is 1. The van der Waals surface area contributed by atoms with E-state index in [-0.39, 0.29) is 5.91 Å². The van der Waals surface area contributed by atoms with Crippen LogP contribution in [0, 0.1) is 0 Å². The molecule has 1 aliphatic heterocycles. The normalized spacial score (nSPS) is 15.0. The molecule has 0 saturated carbocycles. The van der Waals surface area contributed by atoms with E-state index < -0.39 is 0 Å². The minimum absolute atomic E-state index is 0.0790. The smallest absolute Gasteiger partial charge is 0.289 e. The first-order valence-corrected chi connectivity index (χ1v) is 9.21. The number of carbonyl (C=O) groups excluding carboxylic acids is 1. The second-order valence-electron chi connectivity index (χ2n) is 6.22. The van der Waals surface area contributed by atoms with Gasteiger partial charge in [0, 0.05) is 29.4 Å². The molecule has 0 atom stereocenters. The summed E-state index contributed by atoms with van der Waals surface area (Å²) in [6.45, 7) is 1.35. The lowest BCUT2D eigenvalue weighted by Gasteiger charge is -2.37. The number of rotatable bonds is 2. The lowest BCUT2D eigenvalue weighted by Crippen LogP contribution is -2.48. The van der Waals surface area contributed by atoms with Crippen molar-refractivity contribution < 1.29 is 9.21 Å². The van der Waals surface area contributed by atoms with Crippen LogP contribution in [0.5, 0.6) is 0 Å². The fourth-order valence-electron chi connectivity index (χ4n) is 3.14. The highest BCUT2D eigenvalue weighted by Gasteiger charge is 2.35. The van der Waals surface area contributed by atoms with Crippen LogP contribution in [0.1, 0.15) is 21.5 Å². The topological polar surface area (TPSA) is 46.3 Å². The first-order chi connectivity index (χ1) is 12.2. The van der Waals surface area contributed by atoms with Gasteiger partial charge in [-0.15, -0.1) is 11.3 Å². The summed E-state index contributed by atoms with van der Waals surface area (Å²) >= 11 is 7.70. The van der Waals surface area contributed by atoms with Crippen LogP contribution in [0.3, 0.4) is 0 Å². The van der Waals surface area contributed by atoms with Gasteiger partial charge in [-0.25, -0.2) is 4.98 Å². The Bertz CT molecular complexity index is 1080. The summed E-state index contributed by atoms with van der Waals surface area (Å²) in [5.41, 5.74) is 1.71. The van der Waals surface area contributed by atoms with Crippen molar-refractivity contribution in [3.8, 4) is 0 Å². The Morgan fingerprint density at radius 3 is 2.88 bits per heavy atom. The van der Waals surface area contributed by atoms with Crippen LogP contribution in [0.4, 0.5) is 0 Å². The van der Waals surface area contributed by atoms with Crippen LogP contribution in [-0.2, 0) is 0 Å². The summed E-state index contributed by atoms with van der Waals surface area (Å²) in [5, 5.41) is 2.58. The largest absolute Gasteiger partial charge is 0.451 e. The van der Waals surface area contributed by atoms with E-state index in [1.165, 1.54) is 4.70 Å². The maximum absolute atomic E-state index is 12.6. The highest BCUT2D eigenvalue weighted by atomic mass is 35.5. The summed E-state index contributed by atoms with van der Waals surface area (Å²) in [7, 11) is 0. The molecule has 1 saturated heterocycles. The van der Waals surface area contributed by atoms with Gasteiger partial charge in [0.05, 0.1) is 10.2 Å². The van der Waals surface area contributed by atoms with E-state index in [1.807, 2.05) is 18.2 Å². The summed E-state index contributed by atoms with van der Waals surface area (Å²) < 4.78 is 6.86. The van der Waals surface area contributed by atoms with Crippen LogP contribution in [0.15, 0.2) is 52.9 Å². The molecule has 0 unspecified atom stereocenters. The van der Waals surface area contributed by atoms with Crippen molar-refractivity contribution in [1.29, 1.82) is 0 Å². The lowest BCUT2D eigenvalue weighted by atomic mass is 10.0. The second kappa shape index (κ2) is 5.58. The molecule has 2 aromatic heterocycles. The molecule has 0 aliphatic carbocycles. The third kappa shape index (κ3) is 2.51. The van der Waals surface area contributed by atoms with Crippen molar-refractivity contribution in [1.82, 2.24) is 9.88 Å². The van der Waals surface area contributed by atoms with Gasteiger partial charge in [0.25, 0.3) is 5.91 Å². The van der Waals surface area contributed by atoms with E-state index in [1.54, 1.807) is 40.5 Å². The molecule has 3 heterocycles. The van der Waals surface area contributed by atoms with Crippen LogP contribution >= 0.6 is 22.9 Å². The molecule has 0 radical (unpaired) electrons. The number of carbonyl (C=O) groups is 1. The van der Waals surface area contributed by atoms with Crippen LogP contribution in [0.2, 0.25) is 5.02 Å². The van der Waals surface area contributed by atoms with E-state index in [4.69, 9.17) is 16.0 Å². The number of hydrogen-bond acceptors (Lipinski definition) is 4. The third-order valence-electron chi connectivity index (χ3n) is 4.52. The van der Waals surface area contributed by atoms with Crippen LogP contribution in [-0.4, -0.2) is 28.9 Å². The molecule has 5 rings (SSSR count). The number of halogens is 1. The van der Waals surface area contributed by atoms with Gasteiger partial charge in [-0.1, -0.05) is 23.7 Å². The number of aromatic nitrogens is 1. The maximum Gasteiger partial charge on any atom is 0.289 e. The van der Waals surface area contributed by atoms with Crippen LogP contribution < -0.4 is 0 Å². The van der Waals surface area contributed by atoms with Gasteiger partial charge in [-0.2, -0.15) is 0 Å². The molecule has 1 aliphatic rings. The quantitative estimate of drug-likeness (QED) is 0.503. The lowest BCUT2D eigenvalue weighted by molar-refractivity contribution is 0.0572. The average Bonchev–Trinajstić information content (AvgIpc) is 3.16. The predicted molar refractivity (Wildman–Crippen MR) is 99.5 cm³/mol. The Morgan fingerprint density at radius 2 is 2.04 bits per heavy atom. The minimum Gasteiger partial charge on any atom is -0.451 e. The van der Waals surface area contributed by atoms with Gasteiger partial charge in [0.15, 0.2) is 5.76 Å². The molecule has 4 nitrogen and oxygen atoms in total. The number of para-hydroxylation sites is 1. The molecule has 4 aromatic rings. The van der Waals surface area contributed by atoms with Gasteiger partial charge in [0.1, 0.15) is 10.6 Å². The minimum atomic E-state index is -0.0790. The fourth-order valence-corrected chi connectivity index (χ4v) is 4.37. The number of likely N-dealkylation sites (tertiary alicyclic amines) is 1. The molecule has 0 spiro atoms. The number of fused-ring (bicyclic) bond motifs is 2. The van der Waals surface area contributed by atoms with Crippen LogP contribution in [0.25, 0.3) is 21.2 Å². The van der Waals surface area contributed by atoms with Crippen molar-refractivity contribution >= 4 is 50.0 Å². The van der Waals surface area contributed by atoms with E-state index in [9.17, 15) is 4.79 Å². The fraction of sp³-hybridized carbons (Fsp3) is 0.158. The zero-order chi connectivity index (χ0) is 17.0. The molecule has 1 amide bonds. The second-order valence-corrected chi connectivity index (χ2v) is 7.72. The van der Waals surface area contributed by atoms with E-state index in [0.717, 1.165) is 15.9 Å². The first kappa shape index (κ1) is 14.9. The molecular formula is C19H13ClN2O2S. The zero-order valence-electron chi connectivity index (χ0n) is 13.1. The number of nitrogens with zero attached hydrogens (tertiary/aromatic N) is 2. The van der Waals surface area contributed by atoms with Gasteiger partial charge in [0.2, 0.25) is 0 Å². The number of benzene rings is 2. The van der Waals surface area contributed by atoms with Gasteiger partial charge >= 0.3 is 0 Å². The molecule has 124 valence electrons. The molecule has 25 heavy (non-hydrogen) atoms. The summed E-state index contributed by atoms with van der Waals surface area (Å²) in [5.74, 6) is 0.588. The molecule has 6 heteroatoms. The van der Waals surface area contributed by atoms with Gasteiger partial charge in [-0.3, -0.25) is 4.79 Å². The van der Waals surface area contributed by atoms with Crippen molar-refractivity contribution in [2.45, 2.75) is 5.92 Å². The zero-order valence-corrected chi connectivity index (χ0v) is 14.7. The van der Waals surface area contributed by atoms with E-state index >= 15 is 0 Å². The third-order valence-corrected chi connectivity index (χ3v) is 5.95. The summed E-state index contributed by atoms with van der Waals surface area (Å²) in [6.07, 6.45) is 0. The Hall–Kier alpha value is -2.37. The van der Waals surface area contributed by atoms with Gasteiger partial charge in [-0.05, 0) is 36.4 Å². The molecular weight excluding hydrogens is 356 g/mol. The molecule has 2 aromatic carbocycles. The van der Waals surface area contributed by atoms with Crippen molar-refractivity contribution in [3.63, 3.8) is 0 Å². The van der Waals surface area contributed by atoms with Gasteiger partial charge < -0.3 is 9.32 Å². The summed E-state index contributed by atoms with van der Waals surface area (Å²) in [6, 6.07) is 15.2. The highest BCUT2D eigenvalue weighted by Crippen LogP contribution is 2.34. The Kier molecular flexibility index (Phi) is 3.33. The average molecular weight is 369 g/mol. The molecule has 0 N–H and O–H groups in total. The van der Waals surface area contributed by atoms with E-state index in [2.05, 4.69) is 11.1 Å². The van der Waals surface area contributed by atoms with Crippen molar-refractivity contribution in [3.05, 3.63) is 64.3 Å². The molecule has 0 bridgehead atoms. The monoisotopic (exact) mass is 368 g/mol. The predicted octanol–water partition coefficient (Wildman–Crippen LogP) is 4.94. The Morgan fingerprint density at radius 1 is 1.20 bits per heavy atom. The Balaban J connectivity index is 1.34. The Labute approximate surface area is 152 Å². The number of amides is 1. The maximum atomic E-state index is 12.6. The highest BCUT2D eigenvalue weighted by molar-refractivity contribution is 7.18.